The summed E-state index contributed by atoms with van der Waals surface area (Å²) in [5, 5.41) is 9.41. The van der Waals surface area contributed by atoms with Crippen molar-refractivity contribution < 1.29 is 9.50 Å². The number of hydrogen-bond donors (Lipinski definition) is 2. The summed E-state index contributed by atoms with van der Waals surface area (Å²) < 4.78 is 13.3. The molecule has 72 valence electrons. The highest BCUT2D eigenvalue weighted by atomic mass is 79.9. The van der Waals surface area contributed by atoms with Crippen LogP contribution in [0.25, 0.3) is 0 Å². The van der Waals surface area contributed by atoms with Crippen molar-refractivity contribution in [3.63, 3.8) is 0 Å². The maximum atomic E-state index is 13.0. The lowest BCUT2D eigenvalue weighted by molar-refractivity contribution is 0.462. The zero-order valence-corrected chi connectivity index (χ0v) is 8.81. The molecule has 0 aromatic heterocycles. The van der Waals surface area contributed by atoms with Gasteiger partial charge in [-0.05, 0) is 47.0 Å². The molecule has 0 fully saturated rings. The fourth-order valence-electron chi connectivity index (χ4n) is 1.09. The predicted molar refractivity (Wildman–Crippen MR) is 53.1 cm³/mol. The summed E-state index contributed by atoms with van der Waals surface area (Å²) in [4.78, 5) is 0. The zero-order valence-electron chi connectivity index (χ0n) is 7.22. The highest BCUT2D eigenvalue weighted by Gasteiger charge is 2.08. The minimum absolute atomic E-state index is 0.0746. The van der Waals surface area contributed by atoms with Crippen LogP contribution in [-0.4, -0.2) is 11.1 Å². The van der Waals surface area contributed by atoms with E-state index >= 15 is 0 Å². The molecule has 3 N–H and O–H groups in total. The number of rotatable bonds is 2. The molecule has 1 aromatic rings. The van der Waals surface area contributed by atoms with Gasteiger partial charge >= 0.3 is 0 Å². The van der Waals surface area contributed by atoms with Gasteiger partial charge in [-0.1, -0.05) is 0 Å². The van der Waals surface area contributed by atoms with Crippen LogP contribution in [0.5, 0.6) is 5.75 Å². The number of phenolic OH excluding ortho intramolecular Hbond substituents is 1. The van der Waals surface area contributed by atoms with Gasteiger partial charge in [0.25, 0.3) is 0 Å². The van der Waals surface area contributed by atoms with Gasteiger partial charge in [0, 0.05) is 6.04 Å². The molecule has 1 aromatic carbocycles. The average Bonchev–Trinajstić information content (AvgIpc) is 1.99. The van der Waals surface area contributed by atoms with Crippen LogP contribution in [0.3, 0.4) is 0 Å². The molecule has 1 atom stereocenters. The van der Waals surface area contributed by atoms with Gasteiger partial charge in [0.2, 0.25) is 0 Å². The van der Waals surface area contributed by atoms with Crippen molar-refractivity contribution in [2.75, 3.05) is 0 Å². The number of aromatic hydroxyl groups is 1. The summed E-state index contributed by atoms with van der Waals surface area (Å²) in [5.41, 5.74) is 6.07. The van der Waals surface area contributed by atoms with Gasteiger partial charge < -0.3 is 10.8 Å². The summed E-state index contributed by atoms with van der Waals surface area (Å²) in [6.45, 7) is 1.80. The first-order chi connectivity index (χ1) is 6.00. The molecule has 0 spiro atoms. The van der Waals surface area contributed by atoms with E-state index in [9.17, 15) is 9.50 Å². The third-order valence-electron chi connectivity index (χ3n) is 1.66. The molecule has 2 nitrogen and oxygen atoms in total. The summed E-state index contributed by atoms with van der Waals surface area (Å²) in [6, 6.07) is 2.54. The lowest BCUT2D eigenvalue weighted by Gasteiger charge is -2.08. The summed E-state index contributed by atoms with van der Waals surface area (Å²) in [5.74, 6) is -0.306. The number of halogens is 2. The fourth-order valence-corrected chi connectivity index (χ4v) is 1.42. The molecular weight excluding hydrogens is 237 g/mol. The molecule has 4 heteroatoms. The van der Waals surface area contributed by atoms with Crippen molar-refractivity contribution in [1.82, 2.24) is 0 Å². The first kappa shape index (κ1) is 10.5. The van der Waals surface area contributed by atoms with Crippen molar-refractivity contribution in [1.29, 1.82) is 0 Å². The van der Waals surface area contributed by atoms with Crippen LogP contribution in [0.2, 0.25) is 0 Å². The van der Waals surface area contributed by atoms with Gasteiger partial charge in [0.15, 0.2) is 0 Å². The summed E-state index contributed by atoms with van der Waals surface area (Å²) in [6.07, 6.45) is 0.468. The largest absolute Gasteiger partial charge is 0.508 e. The molecule has 0 heterocycles. The molecule has 0 saturated heterocycles. The minimum Gasteiger partial charge on any atom is -0.508 e. The topological polar surface area (TPSA) is 46.2 Å². The Morgan fingerprint density at radius 2 is 2.23 bits per heavy atom. The van der Waals surface area contributed by atoms with Crippen molar-refractivity contribution >= 4 is 15.9 Å². The van der Waals surface area contributed by atoms with E-state index in [0.717, 1.165) is 0 Å². The first-order valence-electron chi connectivity index (χ1n) is 3.93. The molecule has 0 bridgehead atoms. The molecule has 0 amide bonds. The molecule has 0 aliphatic heterocycles. The van der Waals surface area contributed by atoms with Crippen molar-refractivity contribution in [3.05, 3.63) is 28.0 Å². The smallest absolute Gasteiger partial charge is 0.137 e. The van der Waals surface area contributed by atoms with E-state index in [1.165, 1.54) is 12.1 Å². The number of phenols is 1. The van der Waals surface area contributed by atoms with Crippen molar-refractivity contribution in [2.24, 2.45) is 5.73 Å². The van der Waals surface area contributed by atoms with Crippen LogP contribution in [0.15, 0.2) is 16.6 Å². The Morgan fingerprint density at radius 1 is 1.62 bits per heavy atom. The summed E-state index contributed by atoms with van der Waals surface area (Å²) in [7, 11) is 0. The second kappa shape index (κ2) is 4.07. The van der Waals surface area contributed by atoms with Gasteiger partial charge in [0.05, 0.1) is 4.47 Å². The molecule has 0 saturated carbocycles. The van der Waals surface area contributed by atoms with E-state index in [-0.39, 0.29) is 22.1 Å². The van der Waals surface area contributed by atoms with Crippen LogP contribution in [0.1, 0.15) is 12.5 Å². The predicted octanol–water partition coefficient (Wildman–Crippen LogP) is 2.18. The van der Waals surface area contributed by atoms with Gasteiger partial charge in [-0.15, -0.1) is 0 Å². The third kappa shape index (κ3) is 2.67. The van der Waals surface area contributed by atoms with E-state index < -0.39 is 0 Å². The van der Waals surface area contributed by atoms with E-state index in [2.05, 4.69) is 15.9 Å². The van der Waals surface area contributed by atoms with Gasteiger partial charge in [0.1, 0.15) is 11.6 Å². The normalized spacial score (nSPS) is 12.9. The Bertz CT molecular complexity index is 315. The molecule has 0 aliphatic rings. The molecule has 1 unspecified atom stereocenters. The van der Waals surface area contributed by atoms with E-state index in [1.54, 1.807) is 6.92 Å². The fraction of sp³-hybridized carbons (Fsp3) is 0.333. The first-order valence-corrected chi connectivity index (χ1v) is 4.72. The maximum Gasteiger partial charge on any atom is 0.137 e. The van der Waals surface area contributed by atoms with E-state index in [4.69, 9.17) is 5.73 Å². The molecular formula is C9H11BrFNO. The lowest BCUT2D eigenvalue weighted by atomic mass is 10.1. The Balaban J connectivity index is 3.01. The van der Waals surface area contributed by atoms with Crippen LogP contribution in [-0.2, 0) is 6.42 Å². The molecule has 13 heavy (non-hydrogen) atoms. The van der Waals surface area contributed by atoms with Crippen molar-refractivity contribution in [3.8, 4) is 5.75 Å². The van der Waals surface area contributed by atoms with Crippen LogP contribution in [0, 0.1) is 5.82 Å². The average molecular weight is 248 g/mol. The van der Waals surface area contributed by atoms with Gasteiger partial charge in [-0.2, -0.15) is 0 Å². The number of hydrogen-bond acceptors (Lipinski definition) is 2. The number of nitrogens with two attached hydrogens (primary N) is 1. The van der Waals surface area contributed by atoms with Crippen molar-refractivity contribution in [2.45, 2.75) is 19.4 Å². The second-order valence-electron chi connectivity index (χ2n) is 3.08. The maximum absolute atomic E-state index is 13.0. The lowest BCUT2D eigenvalue weighted by Crippen LogP contribution is -2.17. The monoisotopic (exact) mass is 247 g/mol. The van der Waals surface area contributed by atoms with Crippen LogP contribution < -0.4 is 5.73 Å². The van der Waals surface area contributed by atoms with Gasteiger partial charge in [-0.25, -0.2) is 4.39 Å². The minimum atomic E-state index is -0.381. The molecule has 0 aliphatic carbocycles. The Kier molecular flexibility index (Phi) is 3.27. The molecule has 1 rings (SSSR count). The van der Waals surface area contributed by atoms with E-state index in [1.807, 2.05) is 0 Å². The van der Waals surface area contributed by atoms with Crippen LogP contribution in [0.4, 0.5) is 4.39 Å². The van der Waals surface area contributed by atoms with Gasteiger partial charge in [-0.3, -0.25) is 0 Å². The Morgan fingerprint density at radius 3 is 2.77 bits per heavy atom. The number of benzene rings is 1. The SMILES string of the molecule is CC(N)Cc1cc(F)c(Br)cc1O. The van der Waals surface area contributed by atoms with E-state index in [0.29, 0.717) is 12.0 Å². The quantitative estimate of drug-likeness (QED) is 0.842. The standard InChI is InChI=1S/C9H11BrFNO/c1-5(12)2-6-3-8(11)7(10)4-9(6)13/h3-5,13H,2,12H2,1H3. The molecule has 0 radical (unpaired) electrons. The highest BCUT2D eigenvalue weighted by molar-refractivity contribution is 9.10. The third-order valence-corrected chi connectivity index (χ3v) is 2.27. The zero-order chi connectivity index (χ0) is 10.0. The highest BCUT2D eigenvalue weighted by Crippen LogP contribution is 2.26. The Hall–Kier alpha value is -0.610. The Labute approximate surface area is 84.7 Å². The summed E-state index contributed by atoms with van der Waals surface area (Å²) >= 11 is 2.98. The van der Waals surface area contributed by atoms with Crippen LogP contribution >= 0.6 is 15.9 Å². The second-order valence-corrected chi connectivity index (χ2v) is 3.93.